The first-order valence-corrected chi connectivity index (χ1v) is 4.64. The molecule has 0 spiro atoms. The van der Waals surface area contributed by atoms with Crippen molar-refractivity contribution >= 4 is 0 Å². The molecule has 0 bridgehead atoms. The van der Waals surface area contributed by atoms with Crippen LogP contribution in [0.15, 0.2) is 11.1 Å². The highest BCUT2D eigenvalue weighted by atomic mass is 14.2. The monoisotopic (exact) mass is 154 g/mol. The minimum absolute atomic E-state index is 0.787. The summed E-state index contributed by atoms with van der Waals surface area (Å²) in [4.78, 5) is 0. The fraction of sp³-hybridized carbons (Fsp3) is 0.818. The summed E-state index contributed by atoms with van der Waals surface area (Å²) in [6, 6.07) is 0. The predicted octanol–water partition coefficient (Wildman–Crippen LogP) is 4.02. The Kier molecular flexibility index (Phi) is 4.48. The molecular formula is C11H22. The normalized spacial score (nSPS) is 13.4. The maximum atomic E-state index is 2.31. The summed E-state index contributed by atoms with van der Waals surface area (Å²) in [5.74, 6) is 1.58. The van der Waals surface area contributed by atoms with E-state index in [0.29, 0.717) is 0 Å². The molecule has 0 aliphatic carbocycles. The van der Waals surface area contributed by atoms with Crippen molar-refractivity contribution in [2.75, 3.05) is 0 Å². The molecule has 0 aromatic heterocycles. The molecule has 66 valence electrons. The lowest BCUT2D eigenvalue weighted by Crippen LogP contribution is -2.09. The van der Waals surface area contributed by atoms with Crippen LogP contribution in [0.5, 0.6) is 0 Å². The molecular weight excluding hydrogens is 132 g/mol. The Balaban J connectivity index is 4.39. The van der Waals surface area contributed by atoms with E-state index < -0.39 is 0 Å². The molecule has 0 radical (unpaired) electrons. The first-order chi connectivity index (χ1) is 5.00. The van der Waals surface area contributed by atoms with E-state index in [9.17, 15) is 0 Å². The maximum absolute atomic E-state index is 2.31. The number of hydrogen-bond acceptors (Lipinski definition) is 0. The third-order valence-electron chi connectivity index (χ3n) is 2.59. The summed E-state index contributed by atoms with van der Waals surface area (Å²) in [5.41, 5.74) is 3.08. The molecule has 0 aromatic rings. The fourth-order valence-electron chi connectivity index (χ4n) is 1.65. The molecule has 0 aromatic carbocycles. The van der Waals surface area contributed by atoms with Gasteiger partial charge in [0.25, 0.3) is 0 Å². The van der Waals surface area contributed by atoms with Gasteiger partial charge in [0.1, 0.15) is 0 Å². The number of allylic oxidation sites excluding steroid dienone is 2. The highest BCUT2D eigenvalue weighted by molar-refractivity contribution is 5.11. The highest BCUT2D eigenvalue weighted by Gasteiger charge is 2.12. The Labute approximate surface area is 71.7 Å². The average molecular weight is 154 g/mol. The Bertz CT molecular complexity index is 136. The molecule has 0 fully saturated rings. The van der Waals surface area contributed by atoms with Crippen LogP contribution in [0, 0.1) is 11.8 Å². The standard InChI is InChI=1S/C11H22/c1-7-11(9(4)5)10(6)8(2)3/h9,11H,7H2,1-6H3/t11-/m1/s1. The molecule has 0 unspecified atom stereocenters. The van der Waals surface area contributed by atoms with E-state index in [0.717, 1.165) is 11.8 Å². The van der Waals surface area contributed by atoms with Crippen LogP contribution in [-0.2, 0) is 0 Å². The van der Waals surface area contributed by atoms with E-state index in [1.165, 1.54) is 12.0 Å². The second-order valence-corrected chi connectivity index (χ2v) is 3.94. The predicted molar refractivity (Wildman–Crippen MR) is 52.7 cm³/mol. The van der Waals surface area contributed by atoms with Gasteiger partial charge in [0, 0.05) is 0 Å². The van der Waals surface area contributed by atoms with Crippen LogP contribution >= 0.6 is 0 Å². The Hall–Kier alpha value is -0.260. The van der Waals surface area contributed by atoms with Crippen molar-refractivity contribution in [3.8, 4) is 0 Å². The van der Waals surface area contributed by atoms with Crippen molar-refractivity contribution < 1.29 is 0 Å². The maximum Gasteiger partial charge on any atom is -0.0183 e. The molecule has 1 atom stereocenters. The van der Waals surface area contributed by atoms with Gasteiger partial charge in [-0.05, 0) is 39.0 Å². The number of rotatable bonds is 3. The van der Waals surface area contributed by atoms with Crippen LogP contribution in [0.25, 0.3) is 0 Å². The van der Waals surface area contributed by atoms with E-state index >= 15 is 0 Å². The van der Waals surface area contributed by atoms with Gasteiger partial charge in [0.05, 0.1) is 0 Å². The summed E-state index contributed by atoms with van der Waals surface area (Å²) in [6.07, 6.45) is 1.27. The van der Waals surface area contributed by atoms with Crippen molar-refractivity contribution in [2.45, 2.75) is 48.0 Å². The van der Waals surface area contributed by atoms with Gasteiger partial charge in [0.2, 0.25) is 0 Å². The summed E-state index contributed by atoms with van der Waals surface area (Å²) in [5, 5.41) is 0. The lowest BCUT2D eigenvalue weighted by molar-refractivity contribution is 0.427. The van der Waals surface area contributed by atoms with Crippen molar-refractivity contribution in [3.05, 3.63) is 11.1 Å². The van der Waals surface area contributed by atoms with Crippen molar-refractivity contribution in [3.63, 3.8) is 0 Å². The van der Waals surface area contributed by atoms with Crippen molar-refractivity contribution in [2.24, 2.45) is 11.8 Å². The lowest BCUT2D eigenvalue weighted by Gasteiger charge is -2.21. The zero-order valence-corrected chi connectivity index (χ0v) is 8.86. The summed E-state index contributed by atoms with van der Waals surface area (Å²) >= 11 is 0. The third-order valence-corrected chi connectivity index (χ3v) is 2.59. The van der Waals surface area contributed by atoms with Gasteiger partial charge < -0.3 is 0 Å². The summed E-state index contributed by atoms with van der Waals surface area (Å²) < 4.78 is 0. The quantitative estimate of drug-likeness (QED) is 0.538. The van der Waals surface area contributed by atoms with Crippen LogP contribution in [0.1, 0.15) is 48.0 Å². The molecule has 0 heterocycles. The zero-order valence-electron chi connectivity index (χ0n) is 8.86. The van der Waals surface area contributed by atoms with Crippen LogP contribution < -0.4 is 0 Å². The van der Waals surface area contributed by atoms with E-state index in [-0.39, 0.29) is 0 Å². The molecule has 0 aliphatic heterocycles. The Morgan fingerprint density at radius 3 is 1.64 bits per heavy atom. The molecule has 11 heavy (non-hydrogen) atoms. The van der Waals surface area contributed by atoms with E-state index in [2.05, 4.69) is 41.5 Å². The molecule has 0 amide bonds. The first-order valence-electron chi connectivity index (χ1n) is 4.64. The molecule has 0 rings (SSSR count). The van der Waals surface area contributed by atoms with E-state index in [1.54, 1.807) is 5.57 Å². The van der Waals surface area contributed by atoms with E-state index in [4.69, 9.17) is 0 Å². The zero-order chi connectivity index (χ0) is 9.02. The average Bonchev–Trinajstić information content (AvgIpc) is 1.88. The molecule has 0 N–H and O–H groups in total. The molecule has 0 nitrogen and oxygen atoms in total. The van der Waals surface area contributed by atoms with Gasteiger partial charge in [-0.3, -0.25) is 0 Å². The summed E-state index contributed by atoms with van der Waals surface area (Å²) in [6.45, 7) is 13.6. The smallest absolute Gasteiger partial charge is 0.0183 e. The van der Waals surface area contributed by atoms with Crippen LogP contribution in [0.3, 0.4) is 0 Å². The topological polar surface area (TPSA) is 0 Å². The second-order valence-electron chi connectivity index (χ2n) is 3.94. The minimum atomic E-state index is 0.787. The van der Waals surface area contributed by atoms with Crippen molar-refractivity contribution in [1.29, 1.82) is 0 Å². The van der Waals surface area contributed by atoms with Gasteiger partial charge in [-0.1, -0.05) is 31.9 Å². The summed E-state index contributed by atoms with van der Waals surface area (Å²) in [7, 11) is 0. The van der Waals surface area contributed by atoms with Crippen LogP contribution in [-0.4, -0.2) is 0 Å². The van der Waals surface area contributed by atoms with Gasteiger partial charge in [-0.15, -0.1) is 0 Å². The second kappa shape index (κ2) is 4.58. The fourth-order valence-corrected chi connectivity index (χ4v) is 1.65. The van der Waals surface area contributed by atoms with Gasteiger partial charge in [-0.25, -0.2) is 0 Å². The van der Waals surface area contributed by atoms with E-state index in [1.807, 2.05) is 0 Å². The molecule has 0 heteroatoms. The molecule has 0 aliphatic rings. The van der Waals surface area contributed by atoms with Gasteiger partial charge in [0.15, 0.2) is 0 Å². The first kappa shape index (κ1) is 10.7. The Morgan fingerprint density at radius 2 is 1.55 bits per heavy atom. The Morgan fingerprint density at radius 1 is 1.09 bits per heavy atom. The molecule has 0 saturated heterocycles. The van der Waals surface area contributed by atoms with Crippen molar-refractivity contribution in [1.82, 2.24) is 0 Å². The third kappa shape index (κ3) is 3.09. The highest BCUT2D eigenvalue weighted by Crippen LogP contribution is 2.25. The SMILES string of the molecule is CC[C@@H](C(C)=C(C)C)C(C)C. The molecule has 0 saturated carbocycles. The van der Waals surface area contributed by atoms with Gasteiger partial charge in [-0.2, -0.15) is 0 Å². The minimum Gasteiger partial charge on any atom is -0.0772 e. The van der Waals surface area contributed by atoms with Gasteiger partial charge >= 0.3 is 0 Å². The largest absolute Gasteiger partial charge is 0.0772 e. The van der Waals surface area contributed by atoms with Crippen LogP contribution in [0.2, 0.25) is 0 Å². The van der Waals surface area contributed by atoms with Crippen LogP contribution in [0.4, 0.5) is 0 Å². The number of hydrogen-bond donors (Lipinski definition) is 0. The lowest BCUT2D eigenvalue weighted by atomic mass is 9.85.